The molecule has 2 rings (SSSR count). The summed E-state index contributed by atoms with van der Waals surface area (Å²) in [5.74, 6) is -2.04. The minimum Gasteiger partial charge on any atom is -0.289 e. The molecule has 0 bridgehead atoms. The summed E-state index contributed by atoms with van der Waals surface area (Å²) in [5.41, 5.74) is -0.873. The van der Waals surface area contributed by atoms with Crippen LogP contribution in [-0.4, -0.2) is 5.78 Å². The lowest BCUT2D eigenvalue weighted by molar-refractivity contribution is -0.140. The predicted octanol–water partition coefficient (Wildman–Crippen LogP) is 5.04. The fraction of sp³-hybridized carbons (Fsp3) is 0.133. The summed E-state index contributed by atoms with van der Waals surface area (Å²) in [6.45, 7) is 1.67. The summed E-state index contributed by atoms with van der Waals surface area (Å²) in [6, 6.07) is 6.55. The van der Waals surface area contributed by atoms with Gasteiger partial charge < -0.3 is 0 Å². The predicted molar refractivity (Wildman–Crippen MR) is 71.0 cm³/mol. The van der Waals surface area contributed by atoms with Gasteiger partial charge in [0.2, 0.25) is 0 Å². The van der Waals surface area contributed by atoms with Crippen molar-refractivity contribution in [2.24, 2.45) is 0 Å². The Labute approximate surface area is 123 Å². The Bertz CT molecular complexity index is 707. The molecule has 0 saturated carbocycles. The molecule has 2 aromatic carbocycles. The molecular formula is C15H9ClF4O. The van der Waals surface area contributed by atoms with Crippen LogP contribution in [0.25, 0.3) is 0 Å². The van der Waals surface area contributed by atoms with Gasteiger partial charge in [-0.15, -0.1) is 0 Å². The highest BCUT2D eigenvalue weighted by molar-refractivity contribution is 6.31. The zero-order valence-electron chi connectivity index (χ0n) is 10.8. The molecule has 0 unspecified atom stereocenters. The van der Waals surface area contributed by atoms with Crippen LogP contribution in [0.1, 0.15) is 27.0 Å². The maximum atomic E-state index is 13.2. The molecule has 0 aromatic heterocycles. The Morgan fingerprint density at radius 3 is 2.19 bits per heavy atom. The molecule has 1 nitrogen and oxygen atoms in total. The first-order valence-corrected chi connectivity index (χ1v) is 6.25. The van der Waals surface area contributed by atoms with Gasteiger partial charge in [-0.2, -0.15) is 13.2 Å². The fourth-order valence-electron chi connectivity index (χ4n) is 1.84. The van der Waals surface area contributed by atoms with Gasteiger partial charge in [-0.1, -0.05) is 11.6 Å². The van der Waals surface area contributed by atoms with Crippen molar-refractivity contribution in [1.29, 1.82) is 0 Å². The lowest BCUT2D eigenvalue weighted by Crippen LogP contribution is -2.11. The summed E-state index contributed by atoms with van der Waals surface area (Å²) >= 11 is 5.83. The third-order valence-electron chi connectivity index (χ3n) is 2.95. The maximum absolute atomic E-state index is 13.2. The minimum atomic E-state index is -4.85. The third-order valence-corrected chi connectivity index (χ3v) is 3.38. The maximum Gasteiger partial charge on any atom is 0.419 e. The van der Waals surface area contributed by atoms with Gasteiger partial charge in [-0.25, -0.2) is 4.39 Å². The van der Waals surface area contributed by atoms with Crippen LogP contribution < -0.4 is 0 Å². The van der Waals surface area contributed by atoms with E-state index in [9.17, 15) is 22.4 Å². The Hall–Kier alpha value is -1.88. The average molecular weight is 317 g/mol. The van der Waals surface area contributed by atoms with Crippen LogP contribution in [0.15, 0.2) is 36.4 Å². The number of rotatable bonds is 2. The summed E-state index contributed by atoms with van der Waals surface area (Å²) in [4.78, 5) is 12.2. The van der Waals surface area contributed by atoms with Gasteiger partial charge in [0.15, 0.2) is 5.78 Å². The van der Waals surface area contributed by atoms with E-state index in [1.165, 1.54) is 18.2 Å². The normalized spacial score (nSPS) is 11.5. The molecule has 0 aliphatic rings. The number of carbonyl (C=O) groups is 1. The van der Waals surface area contributed by atoms with Crippen LogP contribution in [0.4, 0.5) is 17.6 Å². The van der Waals surface area contributed by atoms with Crippen molar-refractivity contribution >= 4 is 17.4 Å². The summed E-state index contributed by atoms with van der Waals surface area (Å²) in [7, 11) is 0. The van der Waals surface area contributed by atoms with E-state index in [0.29, 0.717) is 22.7 Å². The number of halogens is 5. The van der Waals surface area contributed by atoms with Crippen molar-refractivity contribution in [1.82, 2.24) is 0 Å². The zero-order valence-corrected chi connectivity index (χ0v) is 11.5. The van der Waals surface area contributed by atoms with Gasteiger partial charge in [0.25, 0.3) is 0 Å². The molecule has 0 saturated heterocycles. The van der Waals surface area contributed by atoms with Gasteiger partial charge in [-0.05, 0) is 48.9 Å². The molecule has 0 fully saturated rings. The van der Waals surface area contributed by atoms with E-state index in [1.54, 1.807) is 6.92 Å². The second-order valence-electron chi connectivity index (χ2n) is 4.49. The van der Waals surface area contributed by atoms with Crippen molar-refractivity contribution < 1.29 is 22.4 Å². The third kappa shape index (κ3) is 3.24. The number of hydrogen-bond donors (Lipinski definition) is 0. The summed E-state index contributed by atoms with van der Waals surface area (Å²) in [6.07, 6.45) is -4.85. The number of hydrogen-bond acceptors (Lipinski definition) is 1. The second kappa shape index (κ2) is 5.48. The van der Waals surface area contributed by atoms with Gasteiger partial charge in [0.05, 0.1) is 5.56 Å². The van der Waals surface area contributed by atoms with Crippen LogP contribution in [-0.2, 0) is 6.18 Å². The molecule has 0 aliphatic carbocycles. The molecule has 2 aromatic rings. The molecule has 0 aliphatic heterocycles. The largest absolute Gasteiger partial charge is 0.419 e. The standard InChI is InChI=1S/C15H9ClF4O/c1-8-6-9(2-4-12(8)16)14(21)10-3-5-13(17)11(7-10)15(18,19)20/h2-7H,1H3. The van der Waals surface area contributed by atoms with E-state index >= 15 is 0 Å². The molecular weight excluding hydrogens is 308 g/mol. The van der Waals surface area contributed by atoms with Gasteiger partial charge in [-0.3, -0.25) is 4.79 Å². The fourth-order valence-corrected chi connectivity index (χ4v) is 1.95. The minimum absolute atomic E-state index is 0.191. The van der Waals surface area contributed by atoms with Crippen molar-refractivity contribution in [3.05, 3.63) is 69.5 Å². The number of ketones is 1. The Balaban J connectivity index is 2.46. The van der Waals surface area contributed by atoms with Crippen LogP contribution in [0.3, 0.4) is 0 Å². The van der Waals surface area contributed by atoms with Crippen LogP contribution >= 0.6 is 11.6 Å². The Kier molecular flexibility index (Phi) is 4.05. The van der Waals surface area contributed by atoms with E-state index in [4.69, 9.17) is 11.6 Å². The first kappa shape index (κ1) is 15.5. The summed E-state index contributed by atoms with van der Waals surface area (Å²) in [5, 5.41) is 0.446. The molecule has 21 heavy (non-hydrogen) atoms. The first-order chi connectivity index (χ1) is 9.70. The number of benzene rings is 2. The van der Waals surface area contributed by atoms with E-state index in [0.717, 1.165) is 6.07 Å². The first-order valence-electron chi connectivity index (χ1n) is 5.88. The SMILES string of the molecule is Cc1cc(C(=O)c2ccc(F)c(C(F)(F)F)c2)ccc1Cl. The highest BCUT2D eigenvalue weighted by atomic mass is 35.5. The van der Waals surface area contributed by atoms with E-state index in [1.807, 2.05) is 0 Å². The average Bonchev–Trinajstić information content (AvgIpc) is 2.40. The van der Waals surface area contributed by atoms with Crippen LogP contribution in [0, 0.1) is 12.7 Å². The molecule has 0 heterocycles. The van der Waals surface area contributed by atoms with E-state index in [-0.39, 0.29) is 11.1 Å². The van der Waals surface area contributed by atoms with Gasteiger partial charge >= 0.3 is 6.18 Å². The molecule has 0 radical (unpaired) electrons. The lowest BCUT2D eigenvalue weighted by atomic mass is 9.99. The number of aryl methyl sites for hydroxylation is 1. The second-order valence-corrected chi connectivity index (χ2v) is 4.89. The van der Waals surface area contributed by atoms with Crippen molar-refractivity contribution in [2.45, 2.75) is 13.1 Å². The molecule has 0 amide bonds. The van der Waals surface area contributed by atoms with E-state index in [2.05, 4.69) is 0 Å². The van der Waals surface area contributed by atoms with Crippen LogP contribution in [0.5, 0.6) is 0 Å². The molecule has 110 valence electrons. The van der Waals surface area contributed by atoms with E-state index < -0.39 is 23.3 Å². The Morgan fingerprint density at radius 2 is 1.62 bits per heavy atom. The molecule has 0 N–H and O–H groups in total. The topological polar surface area (TPSA) is 17.1 Å². The quantitative estimate of drug-likeness (QED) is 0.560. The van der Waals surface area contributed by atoms with Crippen molar-refractivity contribution in [2.75, 3.05) is 0 Å². The molecule has 6 heteroatoms. The summed E-state index contributed by atoms with van der Waals surface area (Å²) < 4.78 is 51.1. The smallest absolute Gasteiger partial charge is 0.289 e. The zero-order chi connectivity index (χ0) is 15.8. The van der Waals surface area contributed by atoms with Crippen LogP contribution in [0.2, 0.25) is 5.02 Å². The molecule has 0 atom stereocenters. The van der Waals surface area contributed by atoms with Gasteiger partial charge in [0.1, 0.15) is 5.82 Å². The number of alkyl halides is 3. The van der Waals surface area contributed by atoms with Crippen molar-refractivity contribution in [3.63, 3.8) is 0 Å². The lowest BCUT2D eigenvalue weighted by Gasteiger charge is -2.10. The molecule has 0 spiro atoms. The highest BCUT2D eigenvalue weighted by Gasteiger charge is 2.34. The highest BCUT2D eigenvalue weighted by Crippen LogP contribution is 2.32. The van der Waals surface area contributed by atoms with Crippen molar-refractivity contribution in [3.8, 4) is 0 Å². The monoisotopic (exact) mass is 316 g/mol. The Morgan fingerprint density at radius 1 is 1.05 bits per heavy atom. The number of carbonyl (C=O) groups excluding carboxylic acids is 1. The van der Waals surface area contributed by atoms with Gasteiger partial charge in [0, 0.05) is 16.1 Å².